The van der Waals surface area contributed by atoms with Crippen molar-refractivity contribution in [2.45, 2.75) is 45.1 Å². The monoisotopic (exact) mass is 325 g/mol. The Labute approximate surface area is 132 Å². The fraction of sp³-hybridized carbons (Fsp3) is 0.625. The summed E-state index contributed by atoms with van der Waals surface area (Å²) in [5.41, 5.74) is 2.20. The molecule has 0 saturated heterocycles. The molecule has 0 saturated carbocycles. The van der Waals surface area contributed by atoms with Crippen molar-refractivity contribution >= 4 is 10.0 Å². The van der Waals surface area contributed by atoms with Gasteiger partial charge in [-0.3, -0.25) is 0 Å². The van der Waals surface area contributed by atoms with Crippen LogP contribution in [0.2, 0.25) is 0 Å². The van der Waals surface area contributed by atoms with Crippen LogP contribution in [0.25, 0.3) is 0 Å². The standard InChI is InChI=1S/C16H23NO4S/c1-2-3-9-22(18,19)17-14-6-4-5-12-10-15-16(11-13(12)14)21-8-7-20-15/h10-11,14,17H,2-9H2,1H3. The highest BCUT2D eigenvalue weighted by Gasteiger charge is 2.27. The van der Waals surface area contributed by atoms with Gasteiger partial charge in [0.2, 0.25) is 10.0 Å². The summed E-state index contributed by atoms with van der Waals surface area (Å²) in [5.74, 6) is 1.70. The van der Waals surface area contributed by atoms with Crippen molar-refractivity contribution in [3.63, 3.8) is 0 Å². The molecule has 1 atom stereocenters. The van der Waals surface area contributed by atoms with E-state index in [-0.39, 0.29) is 11.8 Å². The molecule has 22 heavy (non-hydrogen) atoms. The molecule has 0 bridgehead atoms. The van der Waals surface area contributed by atoms with Gasteiger partial charge in [0.05, 0.1) is 5.75 Å². The molecular formula is C16H23NO4S. The second kappa shape index (κ2) is 6.46. The van der Waals surface area contributed by atoms with Crippen LogP contribution in [-0.2, 0) is 16.4 Å². The van der Waals surface area contributed by atoms with Crippen LogP contribution in [0.15, 0.2) is 12.1 Å². The van der Waals surface area contributed by atoms with Gasteiger partial charge in [0.1, 0.15) is 13.2 Å². The number of sulfonamides is 1. The van der Waals surface area contributed by atoms with Crippen molar-refractivity contribution in [1.29, 1.82) is 0 Å². The molecule has 1 aromatic carbocycles. The van der Waals surface area contributed by atoms with Crippen LogP contribution in [0.3, 0.4) is 0 Å². The largest absolute Gasteiger partial charge is 0.486 e. The molecule has 122 valence electrons. The Morgan fingerprint density at radius 1 is 1.23 bits per heavy atom. The molecule has 6 heteroatoms. The average Bonchev–Trinajstić information content (AvgIpc) is 2.51. The Hall–Kier alpha value is -1.27. The normalized spacial score (nSPS) is 20.5. The molecule has 1 N–H and O–H groups in total. The van der Waals surface area contributed by atoms with E-state index in [0.29, 0.717) is 19.6 Å². The van der Waals surface area contributed by atoms with Gasteiger partial charge in [0, 0.05) is 6.04 Å². The number of ether oxygens (including phenoxy) is 2. The lowest BCUT2D eigenvalue weighted by Gasteiger charge is -2.29. The van der Waals surface area contributed by atoms with Crippen LogP contribution in [-0.4, -0.2) is 27.4 Å². The summed E-state index contributed by atoms with van der Waals surface area (Å²) < 4.78 is 38.5. The summed E-state index contributed by atoms with van der Waals surface area (Å²) in [6, 6.07) is 3.81. The highest BCUT2D eigenvalue weighted by Crippen LogP contribution is 2.39. The maximum Gasteiger partial charge on any atom is 0.212 e. The van der Waals surface area contributed by atoms with Gasteiger partial charge in [0.25, 0.3) is 0 Å². The van der Waals surface area contributed by atoms with Crippen LogP contribution in [0.4, 0.5) is 0 Å². The number of fused-ring (bicyclic) bond motifs is 2. The Bertz CT molecular complexity index is 642. The highest BCUT2D eigenvalue weighted by atomic mass is 32.2. The van der Waals surface area contributed by atoms with E-state index in [2.05, 4.69) is 4.72 Å². The molecule has 3 rings (SSSR count). The smallest absolute Gasteiger partial charge is 0.212 e. The third kappa shape index (κ3) is 3.38. The zero-order valence-electron chi connectivity index (χ0n) is 12.9. The van der Waals surface area contributed by atoms with Crippen molar-refractivity contribution in [1.82, 2.24) is 4.72 Å². The highest BCUT2D eigenvalue weighted by molar-refractivity contribution is 7.89. The Kier molecular flexibility index (Phi) is 4.59. The lowest BCUT2D eigenvalue weighted by atomic mass is 9.88. The fourth-order valence-corrected chi connectivity index (χ4v) is 4.54. The molecule has 0 amide bonds. The molecule has 2 aliphatic rings. The average molecular weight is 325 g/mol. The van der Waals surface area contributed by atoms with E-state index >= 15 is 0 Å². The van der Waals surface area contributed by atoms with Gasteiger partial charge in [0.15, 0.2) is 11.5 Å². The predicted octanol–water partition coefficient (Wildman–Crippen LogP) is 2.55. The minimum absolute atomic E-state index is 0.151. The summed E-state index contributed by atoms with van der Waals surface area (Å²) in [6.45, 7) is 3.10. The molecular weight excluding hydrogens is 302 g/mol. The van der Waals surface area contributed by atoms with Gasteiger partial charge < -0.3 is 9.47 Å². The zero-order chi connectivity index (χ0) is 15.6. The van der Waals surface area contributed by atoms with Gasteiger partial charge in [-0.1, -0.05) is 13.3 Å². The fourth-order valence-electron chi connectivity index (χ4n) is 3.07. The number of benzene rings is 1. The van der Waals surface area contributed by atoms with Crippen LogP contribution in [0.1, 0.15) is 49.8 Å². The van der Waals surface area contributed by atoms with Crippen molar-refractivity contribution in [2.75, 3.05) is 19.0 Å². The summed E-state index contributed by atoms with van der Waals surface area (Å²) in [6.07, 6.45) is 4.33. The van der Waals surface area contributed by atoms with Crippen molar-refractivity contribution in [3.05, 3.63) is 23.3 Å². The van der Waals surface area contributed by atoms with Crippen LogP contribution >= 0.6 is 0 Å². The summed E-state index contributed by atoms with van der Waals surface area (Å²) in [4.78, 5) is 0. The van der Waals surface area contributed by atoms with E-state index in [4.69, 9.17) is 9.47 Å². The molecule has 5 nitrogen and oxygen atoms in total. The number of nitrogens with one attached hydrogen (secondary N) is 1. The van der Waals surface area contributed by atoms with Crippen molar-refractivity contribution < 1.29 is 17.9 Å². The molecule has 0 radical (unpaired) electrons. The van der Waals surface area contributed by atoms with Gasteiger partial charge in [-0.25, -0.2) is 13.1 Å². The molecule has 0 fully saturated rings. The van der Waals surface area contributed by atoms with Crippen molar-refractivity contribution in [3.8, 4) is 11.5 Å². The number of hydrogen-bond acceptors (Lipinski definition) is 4. The molecule has 1 unspecified atom stereocenters. The van der Waals surface area contributed by atoms with Gasteiger partial charge >= 0.3 is 0 Å². The third-order valence-corrected chi connectivity index (χ3v) is 5.68. The molecule has 1 heterocycles. The molecule has 1 aliphatic heterocycles. The predicted molar refractivity (Wildman–Crippen MR) is 84.9 cm³/mol. The van der Waals surface area contributed by atoms with E-state index < -0.39 is 10.0 Å². The topological polar surface area (TPSA) is 64.6 Å². The third-order valence-electron chi connectivity index (χ3n) is 4.21. The van der Waals surface area contributed by atoms with E-state index in [1.54, 1.807) is 0 Å². The first-order valence-electron chi connectivity index (χ1n) is 8.01. The quantitative estimate of drug-likeness (QED) is 0.903. The first-order chi connectivity index (χ1) is 10.6. The lowest BCUT2D eigenvalue weighted by Crippen LogP contribution is -2.33. The SMILES string of the molecule is CCCCS(=O)(=O)NC1CCCc2cc3c(cc21)OCCO3. The summed E-state index contributed by atoms with van der Waals surface area (Å²) in [5, 5.41) is 0. The number of rotatable bonds is 5. The molecule has 1 aliphatic carbocycles. The molecule has 0 spiro atoms. The van der Waals surface area contributed by atoms with E-state index in [9.17, 15) is 8.42 Å². The Balaban J connectivity index is 1.84. The van der Waals surface area contributed by atoms with Crippen molar-refractivity contribution in [2.24, 2.45) is 0 Å². The lowest BCUT2D eigenvalue weighted by molar-refractivity contribution is 0.171. The molecule has 0 aromatic heterocycles. The summed E-state index contributed by atoms with van der Waals surface area (Å²) in [7, 11) is -3.23. The first-order valence-corrected chi connectivity index (χ1v) is 9.66. The van der Waals surface area contributed by atoms with Crippen LogP contribution in [0.5, 0.6) is 11.5 Å². The number of hydrogen-bond donors (Lipinski definition) is 1. The van der Waals surface area contributed by atoms with E-state index in [0.717, 1.165) is 42.7 Å². The van der Waals surface area contributed by atoms with Crippen LogP contribution in [0, 0.1) is 0 Å². The first kappa shape index (κ1) is 15.6. The van der Waals surface area contributed by atoms with Gasteiger partial charge in [-0.2, -0.15) is 0 Å². The maximum atomic E-state index is 12.2. The minimum Gasteiger partial charge on any atom is -0.486 e. The van der Waals surface area contributed by atoms with Crippen LogP contribution < -0.4 is 14.2 Å². The summed E-state index contributed by atoms with van der Waals surface area (Å²) >= 11 is 0. The number of aryl methyl sites for hydroxylation is 1. The second-order valence-corrected chi connectivity index (χ2v) is 7.80. The van der Waals surface area contributed by atoms with Gasteiger partial charge in [-0.15, -0.1) is 0 Å². The van der Waals surface area contributed by atoms with Gasteiger partial charge in [-0.05, 0) is 48.9 Å². The zero-order valence-corrected chi connectivity index (χ0v) is 13.7. The maximum absolute atomic E-state index is 12.2. The second-order valence-electron chi connectivity index (χ2n) is 5.93. The Morgan fingerprint density at radius 3 is 2.68 bits per heavy atom. The minimum atomic E-state index is -3.23. The molecule has 1 aromatic rings. The van der Waals surface area contributed by atoms with E-state index in [1.165, 1.54) is 5.56 Å². The van der Waals surface area contributed by atoms with E-state index in [1.807, 2.05) is 19.1 Å². The Morgan fingerprint density at radius 2 is 1.95 bits per heavy atom. The number of unbranched alkanes of at least 4 members (excludes halogenated alkanes) is 1.